The molecule has 19 heavy (non-hydrogen) atoms. The van der Waals surface area contributed by atoms with Crippen molar-refractivity contribution in [3.63, 3.8) is 0 Å². The highest BCUT2D eigenvalue weighted by Gasteiger charge is 2.15. The quantitative estimate of drug-likeness (QED) is 0.889. The average molecular weight is 327 g/mol. The number of halogens is 2. The van der Waals surface area contributed by atoms with Crippen LogP contribution in [0.4, 0.5) is 4.39 Å². The summed E-state index contributed by atoms with van der Waals surface area (Å²) >= 11 is 3.23. The number of benzene rings is 1. The van der Waals surface area contributed by atoms with Crippen LogP contribution in [0.25, 0.3) is 11.3 Å². The summed E-state index contributed by atoms with van der Waals surface area (Å²) in [7, 11) is 0. The van der Waals surface area contributed by atoms with Crippen molar-refractivity contribution in [1.82, 2.24) is 10.3 Å². The van der Waals surface area contributed by atoms with Crippen molar-refractivity contribution in [3.05, 3.63) is 40.6 Å². The molecule has 102 valence electrons. The van der Waals surface area contributed by atoms with Crippen LogP contribution in [0.3, 0.4) is 0 Å². The molecular formula is C14H16BrFN2O. The average Bonchev–Trinajstić information content (AvgIpc) is 2.88. The van der Waals surface area contributed by atoms with Gasteiger partial charge in [0.15, 0.2) is 5.76 Å². The van der Waals surface area contributed by atoms with E-state index in [0.29, 0.717) is 21.7 Å². The van der Waals surface area contributed by atoms with Gasteiger partial charge in [0.25, 0.3) is 0 Å². The Hall–Kier alpha value is -1.20. The summed E-state index contributed by atoms with van der Waals surface area (Å²) in [6, 6.07) is 4.88. The number of oxazole rings is 1. The van der Waals surface area contributed by atoms with Crippen LogP contribution in [0.5, 0.6) is 0 Å². The number of nitrogens with one attached hydrogen (secondary N) is 1. The van der Waals surface area contributed by atoms with Gasteiger partial charge < -0.3 is 9.73 Å². The van der Waals surface area contributed by atoms with E-state index in [-0.39, 0.29) is 11.9 Å². The smallest absolute Gasteiger partial charge is 0.211 e. The number of hydrogen-bond acceptors (Lipinski definition) is 3. The lowest BCUT2D eigenvalue weighted by Crippen LogP contribution is -2.19. The molecule has 0 bridgehead atoms. The SMILES string of the molecule is CCCNC(C)c1ncc(-c2cccc(F)c2Br)o1. The van der Waals surface area contributed by atoms with Gasteiger partial charge in [-0.05, 0) is 48.0 Å². The molecule has 1 unspecified atom stereocenters. The minimum Gasteiger partial charge on any atom is -0.439 e. The van der Waals surface area contributed by atoms with Crippen LogP contribution in [0.2, 0.25) is 0 Å². The first-order valence-electron chi connectivity index (χ1n) is 6.27. The predicted octanol–water partition coefficient (Wildman–Crippen LogP) is 4.30. The molecule has 2 aromatic rings. The molecule has 5 heteroatoms. The zero-order valence-corrected chi connectivity index (χ0v) is 12.5. The molecule has 1 heterocycles. The molecular weight excluding hydrogens is 311 g/mol. The summed E-state index contributed by atoms with van der Waals surface area (Å²) in [5.41, 5.74) is 0.668. The van der Waals surface area contributed by atoms with Gasteiger partial charge >= 0.3 is 0 Å². The molecule has 1 atom stereocenters. The second-order valence-corrected chi connectivity index (χ2v) is 5.13. The largest absolute Gasteiger partial charge is 0.439 e. The van der Waals surface area contributed by atoms with E-state index >= 15 is 0 Å². The second kappa shape index (κ2) is 6.30. The summed E-state index contributed by atoms with van der Waals surface area (Å²) in [6.45, 7) is 5.00. The molecule has 0 aliphatic rings. The molecule has 0 spiro atoms. The van der Waals surface area contributed by atoms with Crippen LogP contribution in [0.1, 0.15) is 32.2 Å². The Morgan fingerprint density at radius 2 is 2.26 bits per heavy atom. The van der Waals surface area contributed by atoms with E-state index < -0.39 is 0 Å². The maximum absolute atomic E-state index is 13.5. The highest BCUT2D eigenvalue weighted by atomic mass is 79.9. The fraction of sp³-hybridized carbons (Fsp3) is 0.357. The molecule has 0 saturated heterocycles. The first-order chi connectivity index (χ1) is 9.13. The van der Waals surface area contributed by atoms with Crippen LogP contribution in [-0.2, 0) is 0 Å². The maximum Gasteiger partial charge on any atom is 0.211 e. The minimum absolute atomic E-state index is 0.0426. The molecule has 0 radical (unpaired) electrons. The topological polar surface area (TPSA) is 38.1 Å². The molecule has 0 amide bonds. The molecule has 1 N–H and O–H groups in total. The van der Waals surface area contributed by atoms with Gasteiger partial charge in [-0.25, -0.2) is 9.37 Å². The van der Waals surface area contributed by atoms with Gasteiger partial charge in [0.05, 0.1) is 16.7 Å². The van der Waals surface area contributed by atoms with Crippen molar-refractivity contribution in [2.24, 2.45) is 0 Å². The predicted molar refractivity (Wildman–Crippen MR) is 76.3 cm³/mol. The Morgan fingerprint density at radius 3 is 3.00 bits per heavy atom. The standard InChI is InChI=1S/C14H16BrFN2O/c1-3-7-17-9(2)14-18-8-12(19-14)10-5-4-6-11(16)13(10)15/h4-6,8-9,17H,3,7H2,1-2H3. The number of hydrogen-bond donors (Lipinski definition) is 1. The zero-order chi connectivity index (χ0) is 13.8. The minimum atomic E-state index is -0.312. The summed E-state index contributed by atoms with van der Waals surface area (Å²) in [5, 5.41) is 3.30. The molecule has 0 aliphatic heterocycles. The van der Waals surface area contributed by atoms with Gasteiger partial charge in [0.2, 0.25) is 5.89 Å². The number of aromatic nitrogens is 1. The van der Waals surface area contributed by atoms with E-state index in [2.05, 4.69) is 33.2 Å². The molecule has 1 aromatic carbocycles. The summed E-state index contributed by atoms with van der Waals surface area (Å²) in [5.74, 6) is 0.860. The van der Waals surface area contributed by atoms with E-state index in [1.807, 2.05) is 6.92 Å². The van der Waals surface area contributed by atoms with Gasteiger partial charge in [0.1, 0.15) is 5.82 Å². The molecule has 0 aliphatic carbocycles. The highest BCUT2D eigenvalue weighted by molar-refractivity contribution is 9.10. The lowest BCUT2D eigenvalue weighted by atomic mass is 10.2. The normalized spacial score (nSPS) is 12.6. The Morgan fingerprint density at radius 1 is 1.47 bits per heavy atom. The summed E-state index contributed by atoms with van der Waals surface area (Å²) in [4.78, 5) is 4.24. The van der Waals surface area contributed by atoms with Gasteiger partial charge in [-0.3, -0.25) is 0 Å². The van der Waals surface area contributed by atoms with Crippen LogP contribution in [0.15, 0.2) is 33.3 Å². The van der Waals surface area contributed by atoms with Crippen LogP contribution < -0.4 is 5.32 Å². The molecule has 0 saturated carbocycles. The van der Waals surface area contributed by atoms with E-state index in [9.17, 15) is 4.39 Å². The van der Waals surface area contributed by atoms with Crippen molar-refractivity contribution >= 4 is 15.9 Å². The van der Waals surface area contributed by atoms with Crippen LogP contribution in [0, 0.1) is 5.82 Å². The van der Waals surface area contributed by atoms with Crippen molar-refractivity contribution in [1.29, 1.82) is 0 Å². The van der Waals surface area contributed by atoms with E-state index in [1.54, 1.807) is 18.3 Å². The van der Waals surface area contributed by atoms with Gasteiger partial charge in [-0.1, -0.05) is 13.0 Å². The Labute approximate surface area is 120 Å². The van der Waals surface area contributed by atoms with E-state index in [0.717, 1.165) is 13.0 Å². The van der Waals surface area contributed by atoms with Gasteiger partial charge in [-0.2, -0.15) is 0 Å². The van der Waals surface area contributed by atoms with Crippen LogP contribution >= 0.6 is 15.9 Å². The lowest BCUT2D eigenvalue weighted by molar-refractivity contribution is 0.423. The number of rotatable bonds is 5. The second-order valence-electron chi connectivity index (χ2n) is 4.34. The molecule has 3 nitrogen and oxygen atoms in total. The highest BCUT2D eigenvalue weighted by Crippen LogP contribution is 2.31. The molecule has 0 fully saturated rings. The first-order valence-corrected chi connectivity index (χ1v) is 7.06. The third kappa shape index (κ3) is 3.22. The Kier molecular flexibility index (Phi) is 4.71. The van der Waals surface area contributed by atoms with Gasteiger partial charge in [-0.15, -0.1) is 0 Å². The summed E-state index contributed by atoms with van der Waals surface area (Å²) < 4.78 is 19.6. The third-order valence-electron chi connectivity index (χ3n) is 2.81. The van der Waals surface area contributed by atoms with Crippen LogP contribution in [-0.4, -0.2) is 11.5 Å². The van der Waals surface area contributed by atoms with Crippen molar-refractivity contribution < 1.29 is 8.81 Å². The van der Waals surface area contributed by atoms with E-state index in [4.69, 9.17) is 4.42 Å². The van der Waals surface area contributed by atoms with E-state index in [1.165, 1.54) is 6.07 Å². The summed E-state index contributed by atoms with van der Waals surface area (Å²) in [6.07, 6.45) is 2.67. The zero-order valence-electron chi connectivity index (χ0n) is 10.9. The van der Waals surface area contributed by atoms with Crippen molar-refractivity contribution in [3.8, 4) is 11.3 Å². The molecule has 1 aromatic heterocycles. The fourth-order valence-corrected chi connectivity index (χ4v) is 2.21. The van der Waals surface area contributed by atoms with Crippen molar-refractivity contribution in [2.75, 3.05) is 6.54 Å². The molecule has 2 rings (SSSR count). The maximum atomic E-state index is 13.5. The first kappa shape index (κ1) is 14.2. The Bertz CT molecular complexity index is 556. The van der Waals surface area contributed by atoms with Gasteiger partial charge in [0, 0.05) is 5.56 Å². The fourth-order valence-electron chi connectivity index (χ4n) is 1.75. The third-order valence-corrected chi connectivity index (χ3v) is 3.62. The monoisotopic (exact) mass is 326 g/mol. The lowest BCUT2D eigenvalue weighted by Gasteiger charge is -2.08. The Balaban J connectivity index is 2.23. The number of nitrogens with zero attached hydrogens (tertiary/aromatic N) is 1. The van der Waals surface area contributed by atoms with Crippen molar-refractivity contribution in [2.45, 2.75) is 26.3 Å².